The number of nitrogens with two attached hydrogens (primary N) is 1. The Morgan fingerprint density at radius 1 is 1.41 bits per heavy atom. The maximum atomic E-state index is 10.5. The lowest BCUT2D eigenvalue weighted by Crippen LogP contribution is -1.87. The van der Waals surface area contributed by atoms with E-state index in [4.69, 9.17) is 5.73 Å². The quantitative estimate of drug-likeness (QED) is 0.523. The monoisotopic (exact) mass is 267 g/mol. The van der Waals surface area contributed by atoms with Crippen LogP contribution in [0.25, 0.3) is 0 Å². The molecule has 0 aliphatic heterocycles. The zero-order valence-corrected chi connectivity index (χ0v) is 10.3. The van der Waals surface area contributed by atoms with Crippen molar-refractivity contribution < 1.29 is 4.92 Å². The molecule has 0 saturated carbocycles. The van der Waals surface area contributed by atoms with Crippen molar-refractivity contribution >= 4 is 33.9 Å². The van der Waals surface area contributed by atoms with Crippen LogP contribution in [-0.2, 0) is 5.75 Å². The van der Waals surface area contributed by atoms with Crippen molar-refractivity contribution in [1.82, 2.24) is 4.98 Å². The van der Waals surface area contributed by atoms with Gasteiger partial charge in [-0.05, 0) is 5.56 Å². The fraction of sp³-hybridized carbons (Fsp3) is 0.100. The van der Waals surface area contributed by atoms with E-state index < -0.39 is 4.92 Å². The van der Waals surface area contributed by atoms with E-state index in [2.05, 4.69) is 4.98 Å². The predicted molar refractivity (Wildman–Crippen MR) is 69.2 cm³/mol. The number of thioether (sulfide) groups is 1. The van der Waals surface area contributed by atoms with Gasteiger partial charge in [0.15, 0.2) is 5.13 Å². The minimum absolute atomic E-state index is 0.112. The molecular weight excluding hydrogens is 258 g/mol. The Morgan fingerprint density at radius 3 is 2.65 bits per heavy atom. The summed E-state index contributed by atoms with van der Waals surface area (Å²) in [4.78, 5) is 14.0. The average Bonchev–Trinajstić information content (AvgIpc) is 2.73. The van der Waals surface area contributed by atoms with Crippen LogP contribution in [0.4, 0.5) is 10.8 Å². The van der Waals surface area contributed by atoms with Gasteiger partial charge in [0.25, 0.3) is 5.69 Å². The molecule has 2 N–H and O–H groups in total. The number of nitrogens with zero attached hydrogens (tertiary/aromatic N) is 2. The van der Waals surface area contributed by atoms with E-state index in [0.717, 1.165) is 15.5 Å². The topological polar surface area (TPSA) is 82.0 Å². The van der Waals surface area contributed by atoms with Gasteiger partial charge in [-0.15, -0.1) is 11.8 Å². The third-order valence-corrected chi connectivity index (χ3v) is 4.12. The first-order valence-electron chi connectivity index (χ1n) is 4.72. The Kier molecular flexibility index (Phi) is 3.60. The third kappa shape index (κ3) is 3.18. The van der Waals surface area contributed by atoms with Gasteiger partial charge in [0.05, 0.1) is 15.3 Å². The van der Waals surface area contributed by atoms with Crippen LogP contribution in [0.5, 0.6) is 0 Å². The number of nitro groups is 1. The van der Waals surface area contributed by atoms with Crippen LogP contribution in [0.1, 0.15) is 5.56 Å². The average molecular weight is 267 g/mol. The summed E-state index contributed by atoms with van der Waals surface area (Å²) in [5, 5.41) is 11.0. The van der Waals surface area contributed by atoms with Gasteiger partial charge in [-0.2, -0.15) is 0 Å². The molecule has 17 heavy (non-hydrogen) atoms. The summed E-state index contributed by atoms with van der Waals surface area (Å²) in [6.07, 6.45) is 1.73. The molecule has 0 atom stereocenters. The second-order valence-corrected chi connectivity index (χ2v) is 5.57. The molecule has 88 valence electrons. The van der Waals surface area contributed by atoms with Gasteiger partial charge in [-0.25, -0.2) is 4.98 Å². The minimum atomic E-state index is -0.402. The number of benzene rings is 1. The smallest absolute Gasteiger partial charge is 0.269 e. The van der Waals surface area contributed by atoms with Gasteiger partial charge in [-0.1, -0.05) is 23.5 Å². The number of nitrogen functional groups attached to an aromatic ring is 1. The molecule has 0 radical (unpaired) electrons. The van der Waals surface area contributed by atoms with Gasteiger partial charge < -0.3 is 5.73 Å². The molecule has 1 aromatic carbocycles. The number of anilines is 1. The number of nitro benzene ring substituents is 1. The van der Waals surface area contributed by atoms with Crippen molar-refractivity contribution in [2.45, 2.75) is 9.96 Å². The van der Waals surface area contributed by atoms with E-state index in [1.54, 1.807) is 30.1 Å². The Morgan fingerprint density at radius 2 is 2.12 bits per heavy atom. The molecule has 0 fully saturated rings. The normalized spacial score (nSPS) is 10.4. The third-order valence-electron chi connectivity index (χ3n) is 2.03. The van der Waals surface area contributed by atoms with E-state index in [1.165, 1.54) is 23.5 Å². The van der Waals surface area contributed by atoms with Gasteiger partial charge in [0, 0.05) is 17.9 Å². The van der Waals surface area contributed by atoms with Crippen molar-refractivity contribution in [3.63, 3.8) is 0 Å². The Balaban J connectivity index is 1.97. The molecule has 2 rings (SSSR count). The summed E-state index contributed by atoms with van der Waals surface area (Å²) in [5.74, 6) is 0.750. The standard InChI is InChI=1S/C10H9N3O2S2/c11-10-12-5-9(17-10)16-6-7-1-3-8(4-2-7)13(14)15/h1-5H,6H2,(H2,11,12). The van der Waals surface area contributed by atoms with Crippen molar-refractivity contribution in [3.05, 3.63) is 46.1 Å². The van der Waals surface area contributed by atoms with Gasteiger partial charge >= 0.3 is 0 Å². The summed E-state index contributed by atoms with van der Waals surface area (Å²) in [6, 6.07) is 6.54. The molecule has 0 saturated heterocycles. The lowest BCUT2D eigenvalue weighted by Gasteiger charge is -1.98. The molecule has 0 amide bonds. The highest BCUT2D eigenvalue weighted by molar-refractivity contribution is 8.00. The largest absolute Gasteiger partial charge is 0.375 e. The molecule has 1 heterocycles. The van der Waals surface area contributed by atoms with Crippen LogP contribution < -0.4 is 5.73 Å². The van der Waals surface area contributed by atoms with Crippen LogP contribution in [-0.4, -0.2) is 9.91 Å². The van der Waals surface area contributed by atoms with Gasteiger partial charge in [0.1, 0.15) is 0 Å². The van der Waals surface area contributed by atoms with Gasteiger partial charge in [0.2, 0.25) is 0 Å². The maximum absolute atomic E-state index is 10.5. The highest BCUT2D eigenvalue weighted by Crippen LogP contribution is 2.29. The first-order valence-corrected chi connectivity index (χ1v) is 6.53. The maximum Gasteiger partial charge on any atom is 0.269 e. The van der Waals surface area contributed by atoms with E-state index >= 15 is 0 Å². The Labute approximate surface area is 106 Å². The van der Waals surface area contributed by atoms with Crippen LogP contribution in [0, 0.1) is 10.1 Å². The van der Waals surface area contributed by atoms with E-state index in [0.29, 0.717) is 5.13 Å². The second kappa shape index (κ2) is 5.15. The number of rotatable bonds is 4. The number of hydrogen-bond acceptors (Lipinski definition) is 6. The van der Waals surface area contributed by atoms with Crippen molar-refractivity contribution in [2.75, 3.05) is 5.73 Å². The lowest BCUT2D eigenvalue weighted by atomic mass is 10.2. The molecule has 0 bridgehead atoms. The highest BCUT2D eigenvalue weighted by atomic mass is 32.2. The molecule has 2 aromatic rings. The van der Waals surface area contributed by atoms with Crippen LogP contribution in [0.2, 0.25) is 0 Å². The number of thiazole rings is 1. The fourth-order valence-electron chi connectivity index (χ4n) is 1.21. The summed E-state index contributed by atoms with van der Waals surface area (Å²) in [6.45, 7) is 0. The van der Waals surface area contributed by atoms with Crippen LogP contribution in [0.3, 0.4) is 0 Å². The fourth-order valence-corrected chi connectivity index (χ4v) is 2.92. The zero-order valence-electron chi connectivity index (χ0n) is 8.70. The Bertz CT molecular complexity index is 525. The SMILES string of the molecule is Nc1ncc(SCc2ccc([N+](=O)[O-])cc2)s1. The first-order chi connectivity index (χ1) is 8.15. The number of hydrogen-bond donors (Lipinski definition) is 1. The van der Waals surface area contributed by atoms with Gasteiger partial charge in [-0.3, -0.25) is 10.1 Å². The molecule has 0 aliphatic rings. The molecule has 7 heteroatoms. The van der Waals surface area contributed by atoms with Crippen LogP contribution in [0.15, 0.2) is 34.7 Å². The van der Waals surface area contributed by atoms with E-state index in [9.17, 15) is 10.1 Å². The predicted octanol–water partition coefficient (Wildman–Crippen LogP) is 2.93. The van der Waals surface area contributed by atoms with Crippen molar-refractivity contribution in [1.29, 1.82) is 0 Å². The number of aromatic nitrogens is 1. The summed E-state index contributed by atoms with van der Waals surface area (Å²) >= 11 is 3.05. The van der Waals surface area contributed by atoms with E-state index in [1.807, 2.05) is 0 Å². The molecule has 0 unspecified atom stereocenters. The van der Waals surface area contributed by atoms with Crippen molar-refractivity contribution in [2.24, 2.45) is 0 Å². The molecule has 5 nitrogen and oxygen atoms in total. The van der Waals surface area contributed by atoms with Crippen LogP contribution >= 0.6 is 23.1 Å². The Hall–Kier alpha value is -1.60. The lowest BCUT2D eigenvalue weighted by molar-refractivity contribution is -0.384. The highest BCUT2D eigenvalue weighted by Gasteiger charge is 2.05. The molecule has 0 spiro atoms. The van der Waals surface area contributed by atoms with E-state index in [-0.39, 0.29) is 5.69 Å². The summed E-state index contributed by atoms with van der Waals surface area (Å²) in [5.41, 5.74) is 6.67. The molecular formula is C10H9N3O2S2. The number of non-ortho nitro benzene ring substituents is 1. The summed E-state index contributed by atoms with van der Waals surface area (Å²) in [7, 11) is 0. The second-order valence-electron chi connectivity index (χ2n) is 3.23. The zero-order chi connectivity index (χ0) is 12.3. The first kappa shape index (κ1) is 11.9. The van der Waals surface area contributed by atoms with Crippen molar-refractivity contribution in [3.8, 4) is 0 Å². The molecule has 0 aliphatic carbocycles. The molecule has 1 aromatic heterocycles. The summed E-state index contributed by atoms with van der Waals surface area (Å²) < 4.78 is 1.04. The minimum Gasteiger partial charge on any atom is -0.375 e.